The van der Waals surface area contributed by atoms with Crippen LogP contribution in [0.15, 0.2) is 6.07 Å². The van der Waals surface area contributed by atoms with E-state index in [1.807, 2.05) is 0 Å². The molecule has 0 unspecified atom stereocenters. The van der Waals surface area contributed by atoms with Crippen molar-refractivity contribution in [2.75, 3.05) is 0 Å². The van der Waals surface area contributed by atoms with Gasteiger partial charge in [-0.2, -0.15) is 18.3 Å². The summed E-state index contributed by atoms with van der Waals surface area (Å²) in [5, 5.41) is 6.59. The van der Waals surface area contributed by atoms with E-state index in [0.29, 0.717) is 5.69 Å². The van der Waals surface area contributed by atoms with Crippen molar-refractivity contribution < 1.29 is 18.0 Å². The molecule has 1 heterocycles. The van der Waals surface area contributed by atoms with Gasteiger partial charge in [-0.15, -0.1) is 0 Å². The minimum absolute atomic E-state index is 0.115. The van der Waals surface area contributed by atoms with E-state index in [1.165, 1.54) is 17.5 Å². The summed E-state index contributed by atoms with van der Waals surface area (Å²) in [6, 6.07) is 1.24. The fourth-order valence-electron chi connectivity index (χ4n) is 3.24. The Kier molecular flexibility index (Phi) is 4.64. The Bertz CT molecular complexity index is 555. The van der Waals surface area contributed by atoms with Crippen molar-refractivity contribution in [2.45, 2.75) is 76.0 Å². The van der Waals surface area contributed by atoms with E-state index in [-0.39, 0.29) is 24.4 Å². The first-order chi connectivity index (χ1) is 10.9. The summed E-state index contributed by atoms with van der Waals surface area (Å²) in [6.07, 6.45) is 3.74. The summed E-state index contributed by atoms with van der Waals surface area (Å²) in [5.41, 5.74) is -0.366. The van der Waals surface area contributed by atoms with Crippen molar-refractivity contribution >= 4 is 5.91 Å². The molecule has 2 aliphatic rings. The molecule has 1 amide bonds. The number of halogens is 3. The van der Waals surface area contributed by atoms with Crippen molar-refractivity contribution in [3.63, 3.8) is 0 Å². The molecule has 0 aromatic carbocycles. The Morgan fingerprint density at radius 1 is 1.17 bits per heavy atom. The number of nitrogens with zero attached hydrogens (tertiary/aromatic N) is 2. The Labute approximate surface area is 133 Å². The molecule has 128 valence electrons. The molecule has 2 saturated carbocycles. The molecule has 1 aromatic rings. The Morgan fingerprint density at radius 3 is 2.39 bits per heavy atom. The van der Waals surface area contributed by atoms with Crippen molar-refractivity contribution in [1.82, 2.24) is 15.1 Å². The van der Waals surface area contributed by atoms with E-state index < -0.39 is 11.9 Å². The van der Waals surface area contributed by atoms with Gasteiger partial charge >= 0.3 is 6.18 Å². The minimum Gasteiger partial charge on any atom is -0.352 e. The van der Waals surface area contributed by atoms with Crippen LogP contribution in [0, 0.1) is 0 Å². The zero-order valence-electron chi connectivity index (χ0n) is 13.0. The summed E-state index contributed by atoms with van der Waals surface area (Å²) >= 11 is 0. The highest BCUT2D eigenvalue weighted by Gasteiger charge is 2.38. The lowest BCUT2D eigenvalue weighted by Gasteiger charge is -2.16. The Hall–Kier alpha value is -1.53. The van der Waals surface area contributed by atoms with Gasteiger partial charge in [0.25, 0.3) is 0 Å². The van der Waals surface area contributed by atoms with Crippen LogP contribution in [0.1, 0.15) is 68.7 Å². The number of hydrogen-bond acceptors (Lipinski definition) is 2. The Morgan fingerprint density at radius 2 is 1.83 bits per heavy atom. The van der Waals surface area contributed by atoms with Crippen LogP contribution in [0.3, 0.4) is 0 Å². The fourth-order valence-corrected chi connectivity index (χ4v) is 3.24. The lowest BCUT2D eigenvalue weighted by molar-refractivity contribution is -0.141. The highest BCUT2D eigenvalue weighted by Crippen LogP contribution is 2.42. The molecule has 0 atom stereocenters. The van der Waals surface area contributed by atoms with Crippen LogP contribution in [0.25, 0.3) is 0 Å². The number of carbonyl (C=O) groups excluding carboxylic acids is 1. The molecule has 0 bridgehead atoms. The van der Waals surface area contributed by atoms with Crippen LogP contribution in [0.2, 0.25) is 0 Å². The highest BCUT2D eigenvalue weighted by molar-refractivity contribution is 5.76. The van der Waals surface area contributed by atoms with Gasteiger partial charge in [0.1, 0.15) is 6.54 Å². The second-order valence-electron chi connectivity index (χ2n) is 6.64. The molecular formula is C16H22F3N3O. The summed E-state index contributed by atoms with van der Waals surface area (Å²) in [6.45, 7) is -0.127. The van der Waals surface area contributed by atoms with Crippen molar-refractivity contribution in [3.8, 4) is 0 Å². The van der Waals surface area contributed by atoms with Crippen LogP contribution >= 0.6 is 0 Å². The number of carbonyl (C=O) groups is 1. The van der Waals surface area contributed by atoms with Crippen LogP contribution in [0.4, 0.5) is 13.2 Å². The van der Waals surface area contributed by atoms with Crippen LogP contribution in [-0.2, 0) is 17.5 Å². The molecule has 2 fully saturated rings. The highest BCUT2D eigenvalue weighted by atomic mass is 19.4. The lowest BCUT2D eigenvalue weighted by Crippen LogP contribution is -2.37. The number of nitrogens with one attached hydrogen (secondary N) is 1. The second kappa shape index (κ2) is 6.53. The third-order valence-corrected chi connectivity index (χ3v) is 4.61. The van der Waals surface area contributed by atoms with E-state index in [0.717, 1.165) is 44.6 Å². The predicted octanol–water partition coefficient (Wildman–Crippen LogP) is 3.62. The molecule has 3 rings (SSSR count). The van der Waals surface area contributed by atoms with Gasteiger partial charge in [-0.1, -0.05) is 25.7 Å². The predicted molar refractivity (Wildman–Crippen MR) is 78.8 cm³/mol. The first-order valence-corrected chi connectivity index (χ1v) is 8.38. The number of aromatic nitrogens is 2. The van der Waals surface area contributed by atoms with Crippen LogP contribution in [0.5, 0.6) is 0 Å². The smallest absolute Gasteiger partial charge is 0.352 e. The summed E-state index contributed by atoms with van der Waals surface area (Å²) in [7, 11) is 0. The van der Waals surface area contributed by atoms with Gasteiger partial charge < -0.3 is 5.32 Å². The zero-order valence-corrected chi connectivity index (χ0v) is 13.0. The molecule has 1 aromatic heterocycles. The minimum atomic E-state index is -4.47. The topological polar surface area (TPSA) is 46.9 Å². The van der Waals surface area contributed by atoms with Gasteiger partial charge in [0.2, 0.25) is 5.91 Å². The molecule has 0 aliphatic heterocycles. The van der Waals surface area contributed by atoms with Gasteiger partial charge in [0, 0.05) is 17.7 Å². The molecular weight excluding hydrogens is 307 g/mol. The standard InChI is InChI=1S/C16H22F3N3O/c17-16(18,19)14-9-13(11-7-8-11)22(21-14)10-15(23)20-12-5-3-1-2-4-6-12/h9,11-12H,1-8,10H2,(H,20,23). The summed E-state index contributed by atoms with van der Waals surface area (Å²) in [5.74, 6) is -0.125. The van der Waals surface area contributed by atoms with E-state index in [4.69, 9.17) is 0 Å². The molecule has 7 heteroatoms. The molecule has 23 heavy (non-hydrogen) atoms. The molecule has 0 saturated heterocycles. The zero-order chi connectivity index (χ0) is 16.4. The molecule has 1 N–H and O–H groups in total. The van der Waals surface area contributed by atoms with Crippen molar-refractivity contribution in [3.05, 3.63) is 17.5 Å². The second-order valence-corrected chi connectivity index (χ2v) is 6.64. The molecule has 0 spiro atoms. The van der Waals surface area contributed by atoms with Crippen molar-refractivity contribution in [2.24, 2.45) is 0 Å². The Balaban J connectivity index is 1.66. The number of rotatable bonds is 4. The molecule has 0 radical (unpaired) electrons. The van der Waals surface area contributed by atoms with E-state index in [2.05, 4.69) is 10.4 Å². The first kappa shape index (κ1) is 16.3. The van der Waals surface area contributed by atoms with Gasteiger partial charge in [0.05, 0.1) is 0 Å². The number of hydrogen-bond donors (Lipinski definition) is 1. The monoisotopic (exact) mass is 329 g/mol. The van der Waals surface area contributed by atoms with Gasteiger partial charge in [0.15, 0.2) is 5.69 Å². The van der Waals surface area contributed by atoms with E-state index >= 15 is 0 Å². The average molecular weight is 329 g/mol. The van der Waals surface area contributed by atoms with Gasteiger partial charge in [-0.05, 0) is 31.7 Å². The largest absolute Gasteiger partial charge is 0.435 e. The van der Waals surface area contributed by atoms with Crippen molar-refractivity contribution in [1.29, 1.82) is 0 Å². The maximum absolute atomic E-state index is 12.8. The fraction of sp³-hybridized carbons (Fsp3) is 0.750. The third kappa shape index (κ3) is 4.26. The third-order valence-electron chi connectivity index (χ3n) is 4.61. The average Bonchev–Trinajstić information content (AvgIpc) is 3.25. The summed E-state index contributed by atoms with van der Waals surface area (Å²) in [4.78, 5) is 12.2. The van der Waals surface area contributed by atoms with E-state index in [9.17, 15) is 18.0 Å². The van der Waals surface area contributed by atoms with Crippen LogP contribution in [-0.4, -0.2) is 21.7 Å². The molecule has 4 nitrogen and oxygen atoms in total. The SMILES string of the molecule is O=C(Cn1nc(C(F)(F)F)cc1C1CC1)NC1CCCCCC1. The molecule has 2 aliphatic carbocycles. The van der Waals surface area contributed by atoms with Gasteiger partial charge in [-0.3, -0.25) is 9.48 Å². The number of alkyl halides is 3. The first-order valence-electron chi connectivity index (χ1n) is 8.38. The number of amides is 1. The maximum atomic E-state index is 12.8. The van der Waals surface area contributed by atoms with E-state index in [1.54, 1.807) is 0 Å². The summed E-state index contributed by atoms with van der Waals surface area (Å²) < 4.78 is 39.8. The van der Waals surface area contributed by atoms with Gasteiger partial charge in [-0.25, -0.2) is 0 Å². The normalized spacial score (nSPS) is 20.3. The lowest BCUT2D eigenvalue weighted by atomic mass is 10.1. The quantitative estimate of drug-likeness (QED) is 0.858. The van der Waals surface area contributed by atoms with Crippen LogP contribution < -0.4 is 5.32 Å². The maximum Gasteiger partial charge on any atom is 0.435 e.